The molecule has 0 spiro atoms. The predicted molar refractivity (Wildman–Crippen MR) is 75.9 cm³/mol. The van der Waals surface area contributed by atoms with E-state index in [1.807, 2.05) is 0 Å². The van der Waals surface area contributed by atoms with Crippen molar-refractivity contribution >= 4 is 22.0 Å². The molecular weight excluding hydrogens is 314 g/mol. The summed E-state index contributed by atoms with van der Waals surface area (Å²) < 4.78 is 36.4. The van der Waals surface area contributed by atoms with Crippen LogP contribution >= 0.6 is 0 Å². The van der Waals surface area contributed by atoms with Crippen LogP contribution in [0.15, 0.2) is 21.6 Å². The first-order valence-corrected chi connectivity index (χ1v) is 8.08. The lowest BCUT2D eigenvalue weighted by Crippen LogP contribution is -2.43. The van der Waals surface area contributed by atoms with Gasteiger partial charge in [0.15, 0.2) is 0 Å². The van der Waals surface area contributed by atoms with Gasteiger partial charge in [-0.05, 0) is 39.3 Å². The zero-order valence-corrected chi connectivity index (χ0v) is 13.4. The number of furan rings is 1. The second-order valence-electron chi connectivity index (χ2n) is 5.22. The van der Waals surface area contributed by atoms with Crippen LogP contribution in [0.4, 0.5) is 0 Å². The first kappa shape index (κ1) is 18.2. The average Bonchev–Trinajstić information content (AvgIpc) is 2.86. The topological polar surface area (TPSA) is 123 Å². The lowest BCUT2D eigenvalue weighted by atomic mass is 10.0. The van der Waals surface area contributed by atoms with Crippen LogP contribution < -0.4 is 4.72 Å². The van der Waals surface area contributed by atoms with Crippen LogP contribution in [0, 0.1) is 0 Å². The number of esters is 1. The number of carbonyl (C=O) groups excluding carboxylic acids is 1. The van der Waals surface area contributed by atoms with E-state index in [1.54, 1.807) is 20.8 Å². The molecule has 124 valence electrons. The zero-order valence-electron chi connectivity index (χ0n) is 12.6. The van der Waals surface area contributed by atoms with E-state index in [0.29, 0.717) is 0 Å². The Morgan fingerprint density at radius 3 is 2.55 bits per heavy atom. The molecule has 0 amide bonds. The van der Waals surface area contributed by atoms with Gasteiger partial charge in [0.1, 0.15) is 0 Å². The number of rotatable bonds is 8. The van der Waals surface area contributed by atoms with Gasteiger partial charge in [0.25, 0.3) is 10.0 Å². The molecule has 22 heavy (non-hydrogen) atoms. The molecule has 0 aromatic carbocycles. The summed E-state index contributed by atoms with van der Waals surface area (Å²) in [5, 5.41) is 8.23. The monoisotopic (exact) mass is 333 g/mol. The number of aliphatic carboxylic acids is 1. The van der Waals surface area contributed by atoms with E-state index in [2.05, 4.69) is 4.72 Å². The molecule has 0 aliphatic carbocycles. The van der Waals surface area contributed by atoms with Gasteiger partial charge in [-0.1, -0.05) is 0 Å². The SMILES string of the molecule is CCOC(=O)c1ccc(S(=O)(=O)NC(C)(C)CCC(=O)O)o1. The van der Waals surface area contributed by atoms with Crippen molar-refractivity contribution in [1.29, 1.82) is 0 Å². The van der Waals surface area contributed by atoms with E-state index >= 15 is 0 Å². The fraction of sp³-hybridized carbons (Fsp3) is 0.538. The molecule has 0 aliphatic heterocycles. The summed E-state index contributed by atoms with van der Waals surface area (Å²) >= 11 is 0. The Kier molecular flexibility index (Phi) is 5.72. The molecule has 0 saturated heterocycles. The van der Waals surface area contributed by atoms with Gasteiger partial charge in [-0.25, -0.2) is 17.9 Å². The van der Waals surface area contributed by atoms with Crippen molar-refractivity contribution in [3.63, 3.8) is 0 Å². The lowest BCUT2D eigenvalue weighted by molar-refractivity contribution is -0.137. The van der Waals surface area contributed by atoms with Gasteiger partial charge in [-0.15, -0.1) is 0 Å². The van der Waals surface area contributed by atoms with Crippen LogP contribution in [-0.4, -0.2) is 37.6 Å². The van der Waals surface area contributed by atoms with Crippen molar-refractivity contribution in [2.45, 2.75) is 44.2 Å². The van der Waals surface area contributed by atoms with Crippen LogP contribution in [0.1, 0.15) is 44.2 Å². The van der Waals surface area contributed by atoms with Crippen molar-refractivity contribution in [1.82, 2.24) is 4.72 Å². The molecule has 1 aromatic heterocycles. The first-order valence-electron chi connectivity index (χ1n) is 6.60. The van der Waals surface area contributed by atoms with Gasteiger partial charge >= 0.3 is 11.9 Å². The fourth-order valence-corrected chi connectivity index (χ4v) is 3.04. The minimum Gasteiger partial charge on any atom is -0.481 e. The fourth-order valence-electron chi connectivity index (χ4n) is 1.66. The van der Waals surface area contributed by atoms with Crippen LogP contribution in [0.3, 0.4) is 0 Å². The van der Waals surface area contributed by atoms with E-state index in [-0.39, 0.29) is 25.2 Å². The van der Waals surface area contributed by atoms with Gasteiger partial charge in [0.05, 0.1) is 6.61 Å². The van der Waals surface area contributed by atoms with Gasteiger partial charge in [-0.3, -0.25) is 4.79 Å². The highest BCUT2D eigenvalue weighted by Gasteiger charge is 2.29. The Balaban J connectivity index is 2.86. The molecule has 0 unspecified atom stereocenters. The molecule has 0 fully saturated rings. The number of nitrogens with one attached hydrogen (secondary N) is 1. The quantitative estimate of drug-likeness (QED) is 0.689. The van der Waals surface area contributed by atoms with E-state index in [4.69, 9.17) is 14.3 Å². The summed E-state index contributed by atoms with van der Waals surface area (Å²) in [6.07, 6.45) is -0.0746. The van der Waals surface area contributed by atoms with Crippen molar-refractivity contribution < 1.29 is 32.3 Å². The summed E-state index contributed by atoms with van der Waals surface area (Å²) in [7, 11) is -4.01. The predicted octanol–water partition coefficient (Wildman–Crippen LogP) is 1.38. The maximum Gasteiger partial charge on any atom is 0.374 e. The second-order valence-corrected chi connectivity index (χ2v) is 6.84. The molecule has 1 heterocycles. The number of carboxylic acids is 1. The number of carbonyl (C=O) groups is 2. The Morgan fingerprint density at radius 1 is 1.36 bits per heavy atom. The van der Waals surface area contributed by atoms with Crippen LogP contribution in [0.5, 0.6) is 0 Å². The molecule has 2 N–H and O–H groups in total. The first-order chi connectivity index (χ1) is 10.1. The van der Waals surface area contributed by atoms with Crippen LogP contribution in [-0.2, 0) is 19.6 Å². The third-order valence-corrected chi connectivity index (χ3v) is 4.27. The largest absolute Gasteiger partial charge is 0.481 e. The van der Waals surface area contributed by atoms with Gasteiger partial charge in [0, 0.05) is 12.0 Å². The summed E-state index contributed by atoms with van der Waals surface area (Å²) in [6.45, 7) is 4.87. The molecule has 9 heteroatoms. The van der Waals surface area contributed by atoms with Crippen molar-refractivity contribution in [3.8, 4) is 0 Å². The highest BCUT2D eigenvalue weighted by Crippen LogP contribution is 2.19. The number of sulfonamides is 1. The molecule has 0 bridgehead atoms. The van der Waals surface area contributed by atoms with Crippen molar-refractivity contribution in [2.24, 2.45) is 0 Å². The molecule has 1 aromatic rings. The molecule has 0 aliphatic rings. The van der Waals surface area contributed by atoms with Gasteiger partial charge < -0.3 is 14.3 Å². The third-order valence-electron chi connectivity index (χ3n) is 2.70. The van der Waals surface area contributed by atoms with Crippen LogP contribution in [0.25, 0.3) is 0 Å². The summed E-state index contributed by atoms with van der Waals surface area (Å²) in [5.41, 5.74) is -0.978. The highest BCUT2D eigenvalue weighted by atomic mass is 32.2. The Labute approximate surface area is 128 Å². The lowest BCUT2D eigenvalue weighted by Gasteiger charge is -2.24. The van der Waals surface area contributed by atoms with Crippen LogP contribution in [0.2, 0.25) is 0 Å². The molecule has 0 saturated carbocycles. The Hall–Kier alpha value is -1.87. The number of carboxylic acid groups (broad SMARTS) is 1. The smallest absolute Gasteiger partial charge is 0.374 e. The maximum atomic E-state index is 12.2. The normalized spacial score (nSPS) is 12.1. The molecule has 0 radical (unpaired) electrons. The van der Waals surface area contributed by atoms with E-state index in [0.717, 1.165) is 6.07 Å². The minimum atomic E-state index is -4.01. The minimum absolute atomic E-state index is 0.104. The molecule has 1 rings (SSSR count). The number of hydrogen-bond donors (Lipinski definition) is 2. The second kappa shape index (κ2) is 6.93. The molecular formula is C13H19NO7S. The number of ether oxygens (including phenoxy) is 1. The molecule has 0 atom stereocenters. The third kappa shape index (κ3) is 5.15. The summed E-state index contributed by atoms with van der Waals surface area (Å²) in [6, 6.07) is 2.35. The van der Waals surface area contributed by atoms with E-state index < -0.39 is 32.6 Å². The summed E-state index contributed by atoms with van der Waals surface area (Å²) in [5.74, 6) is -1.99. The Morgan fingerprint density at radius 2 is 2.00 bits per heavy atom. The van der Waals surface area contributed by atoms with Crippen molar-refractivity contribution in [2.75, 3.05) is 6.61 Å². The Bertz CT molecular complexity index is 645. The van der Waals surface area contributed by atoms with Gasteiger partial charge in [0.2, 0.25) is 10.9 Å². The average molecular weight is 333 g/mol. The standard InChI is InChI=1S/C13H19NO7S/c1-4-20-12(17)9-5-6-11(21-9)22(18,19)14-13(2,3)8-7-10(15)16/h5-6,14H,4,7-8H2,1-3H3,(H,15,16). The van der Waals surface area contributed by atoms with Gasteiger partial charge in [-0.2, -0.15) is 0 Å². The highest BCUT2D eigenvalue weighted by molar-refractivity contribution is 7.89. The summed E-state index contributed by atoms with van der Waals surface area (Å²) in [4.78, 5) is 22.0. The molecule has 8 nitrogen and oxygen atoms in total. The van der Waals surface area contributed by atoms with E-state index in [1.165, 1.54) is 6.07 Å². The zero-order chi connectivity index (χ0) is 17.0. The maximum absolute atomic E-state index is 12.2. The number of hydrogen-bond acceptors (Lipinski definition) is 6. The van der Waals surface area contributed by atoms with Crippen molar-refractivity contribution in [3.05, 3.63) is 17.9 Å². The van der Waals surface area contributed by atoms with E-state index in [9.17, 15) is 18.0 Å².